The van der Waals surface area contributed by atoms with Gasteiger partial charge in [-0.25, -0.2) is 8.42 Å². The molecule has 1 amide bonds. The normalized spacial score (nSPS) is 11.7. The van der Waals surface area contributed by atoms with Gasteiger partial charge in [-0.1, -0.05) is 20.8 Å². The van der Waals surface area contributed by atoms with Crippen molar-refractivity contribution < 1.29 is 22.9 Å². The number of nitrogens with one attached hydrogen (secondary N) is 1. The Morgan fingerprint density at radius 3 is 2.48 bits per heavy atom. The van der Waals surface area contributed by atoms with Crippen molar-refractivity contribution in [2.24, 2.45) is 0 Å². The summed E-state index contributed by atoms with van der Waals surface area (Å²) < 4.78 is 30.4. The van der Waals surface area contributed by atoms with Crippen molar-refractivity contribution >= 4 is 39.1 Å². The lowest BCUT2D eigenvalue weighted by atomic mass is 10.2. The third kappa shape index (κ3) is 7.63. The number of rotatable bonds is 9. The molecule has 0 saturated heterocycles. The minimum Gasteiger partial charge on any atom is -0.495 e. The summed E-state index contributed by atoms with van der Waals surface area (Å²) in [5.74, 6) is 0.277. The van der Waals surface area contributed by atoms with Crippen LogP contribution in [0.15, 0.2) is 18.2 Å². The second kappa shape index (κ2) is 9.27. The van der Waals surface area contributed by atoms with E-state index in [-0.39, 0.29) is 21.9 Å². The zero-order valence-electron chi connectivity index (χ0n) is 16.0. The third-order valence-corrected chi connectivity index (χ3v) is 5.69. The first-order valence-corrected chi connectivity index (χ1v) is 10.9. The Morgan fingerprint density at radius 1 is 1.37 bits per heavy atom. The third-order valence-electron chi connectivity index (χ3n) is 3.29. The van der Waals surface area contributed by atoms with Gasteiger partial charge in [0.05, 0.1) is 18.3 Å². The van der Waals surface area contributed by atoms with Gasteiger partial charge in [-0.05, 0) is 6.07 Å². The van der Waals surface area contributed by atoms with E-state index in [0.29, 0.717) is 12.3 Å². The van der Waals surface area contributed by atoms with Crippen molar-refractivity contribution in [3.8, 4) is 5.75 Å². The number of carbonyl (C=O) groups is 1. The van der Waals surface area contributed by atoms with Crippen molar-refractivity contribution in [2.45, 2.75) is 25.5 Å². The van der Waals surface area contributed by atoms with E-state index in [4.69, 9.17) is 4.74 Å². The molecule has 0 spiro atoms. The number of anilines is 1. The van der Waals surface area contributed by atoms with Crippen LogP contribution in [0.5, 0.6) is 5.75 Å². The molecule has 27 heavy (non-hydrogen) atoms. The van der Waals surface area contributed by atoms with Crippen LogP contribution >= 0.6 is 11.8 Å². The number of methoxy groups -OCH3 is 1. The van der Waals surface area contributed by atoms with Gasteiger partial charge in [0.2, 0.25) is 15.9 Å². The Balaban J connectivity index is 3.00. The van der Waals surface area contributed by atoms with Crippen LogP contribution in [0, 0.1) is 10.1 Å². The van der Waals surface area contributed by atoms with Gasteiger partial charge in [-0.3, -0.25) is 19.2 Å². The number of thioether (sulfide) groups is 1. The molecule has 1 aromatic carbocycles. The number of non-ortho nitro benzene ring substituents is 1. The largest absolute Gasteiger partial charge is 0.495 e. The number of nitrogens with zero attached hydrogens (tertiary/aromatic N) is 2. The highest BCUT2D eigenvalue weighted by molar-refractivity contribution is 8.00. The first-order chi connectivity index (χ1) is 12.3. The van der Waals surface area contributed by atoms with Crippen LogP contribution in [-0.4, -0.2) is 56.2 Å². The number of amides is 1. The molecule has 0 unspecified atom stereocenters. The highest BCUT2D eigenvalue weighted by atomic mass is 32.2. The highest BCUT2D eigenvalue weighted by Gasteiger charge is 2.26. The Hall–Kier alpha value is -2.01. The summed E-state index contributed by atoms with van der Waals surface area (Å²) in [5, 5.41) is 13.7. The minimum atomic E-state index is -3.88. The van der Waals surface area contributed by atoms with E-state index in [0.717, 1.165) is 16.6 Å². The van der Waals surface area contributed by atoms with E-state index >= 15 is 0 Å². The predicted molar refractivity (Wildman–Crippen MR) is 107 cm³/mol. The summed E-state index contributed by atoms with van der Waals surface area (Å²) in [6, 6.07) is 3.57. The zero-order valence-corrected chi connectivity index (χ0v) is 17.6. The maximum absolute atomic E-state index is 12.2. The van der Waals surface area contributed by atoms with E-state index in [1.807, 2.05) is 0 Å². The fourth-order valence-corrected chi connectivity index (χ4v) is 3.77. The van der Waals surface area contributed by atoms with Crippen LogP contribution in [0.4, 0.5) is 11.4 Å². The summed E-state index contributed by atoms with van der Waals surface area (Å²) in [5.41, 5.74) is -0.366. The van der Waals surface area contributed by atoms with E-state index in [9.17, 15) is 23.3 Å². The van der Waals surface area contributed by atoms with Crippen molar-refractivity contribution in [2.75, 3.05) is 36.5 Å². The SMILES string of the molecule is COc1ccc([N+](=O)[O-])cc1N(CC(=O)NCCSC(C)(C)C)S(C)(=O)=O. The molecule has 1 rings (SSSR count). The molecule has 1 aromatic rings. The quantitative estimate of drug-likeness (QED) is 0.369. The lowest BCUT2D eigenvalue weighted by Crippen LogP contribution is -2.41. The highest BCUT2D eigenvalue weighted by Crippen LogP contribution is 2.33. The Morgan fingerprint density at radius 2 is 2.00 bits per heavy atom. The number of ether oxygens (including phenoxy) is 1. The molecule has 11 heteroatoms. The molecule has 0 bridgehead atoms. The number of nitro benzene ring substituents is 1. The number of sulfonamides is 1. The predicted octanol–water partition coefficient (Wildman–Crippen LogP) is 2.02. The van der Waals surface area contributed by atoms with Crippen molar-refractivity contribution in [1.29, 1.82) is 0 Å². The van der Waals surface area contributed by atoms with Gasteiger partial charge < -0.3 is 10.1 Å². The molecule has 0 aliphatic carbocycles. The Labute approximate surface area is 163 Å². The smallest absolute Gasteiger partial charge is 0.271 e. The molecular formula is C16H25N3O6S2. The average molecular weight is 420 g/mol. The van der Waals surface area contributed by atoms with Crippen molar-refractivity contribution in [3.63, 3.8) is 0 Å². The summed E-state index contributed by atoms with van der Waals surface area (Å²) >= 11 is 1.67. The molecule has 0 heterocycles. The van der Waals surface area contributed by atoms with Crippen molar-refractivity contribution in [3.05, 3.63) is 28.3 Å². The zero-order chi connectivity index (χ0) is 20.8. The van der Waals surface area contributed by atoms with Gasteiger partial charge in [0, 0.05) is 29.2 Å². The minimum absolute atomic E-state index is 0.0554. The van der Waals surface area contributed by atoms with Gasteiger partial charge in [-0.15, -0.1) is 0 Å². The average Bonchev–Trinajstić information content (AvgIpc) is 2.54. The number of hydrogen-bond acceptors (Lipinski definition) is 7. The number of hydrogen-bond donors (Lipinski definition) is 1. The van der Waals surface area contributed by atoms with Gasteiger partial charge in [-0.2, -0.15) is 11.8 Å². The summed E-state index contributed by atoms with van der Waals surface area (Å²) in [6.07, 6.45) is 0.925. The van der Waals surface area contributed by atoms with Crippen molar-refractivity contribution in [1.82, 2.24) is 5.32 Å². The molecule has 0 aromatic heterocycles. The summed E-state index contributed by atoms with van der Waals surface area (Å²) in [6.45, 7) is 6.04. The fourth-order valence-electron chi connectivity index (χ4n) is 2.10. The van der Waals surface area contributed by atoms with Crippen LogP contribution in [0.2, 0.25) is 0 Å². The molecule has 0 saturated carbocycles. The van der Waals surface area contributed by atoms with Crippen LogP contribution in [-0.2, 0) is 14.8 Å². The van der Waals surface area contributed by atoms with Gasteiger partial charge in [0.25, 0.3) is 5.69 Å². The second-order valence-corrected chi connectivity index (χ2v) is 10.5. The van der Waals surface area contributed by atoms with E-state index < -0.39 is 27.4 Å². The van der Waals surface area contributed by atoms with Crippen LogP contribution in [0.1, 0.15) is 20.8 Å². The fraction of sp³-hybridized carbons (Fsp3) is 0.562. The summed E-state index contributed by atoms with van der Waals surface area (Å²) in [7, 11) is -2.56. The molecule has 0 fully saturated rings. The standard InChI is InChI=1S/C16H25N3O6S2/c1-16(2,3)26-9-8-17-15(20)11-18(27(5,23)24)13-10-12(19(21)22)6-7-14(13)25-4/h6-7,10H,8-9,11H2,1-5H3,(H,17,20). The molecule has 0 aliphatic heterocycles. The second-order valence-electron chi connectivity index (χ2n) is 6.69. The first-order valence-electron chi connectivity index (χ1n) is 8.06. The Kier molecular flexibility index (Phi) is 7.90. The summed E-state index contributed by atoms with van der Waals surface area (Å²) in [4.78, 5) is 22.6. The molecule has 0 aliphatic rings. The van der Waals surface area contributed by atoms with Gasteiger partial charge >= 0.3 is 0 Å². The van der Waals surface area contributed by atoms with E-state index in [2.05, 4.69) is 26.1 Å². The Bertz CT molecular complexity index is 790. The van der Waals surface area contributed by atoms with Crippen LogP contribution in [0.25, 0.3) is 0 Å². The molecule has 152 valence electrons. The molecule has 0 radical (unpaired) electrons. The van der Waals surface area contributed by atoms with Gasteiger partial charge in [0.15, 0.2) is 0 Å². The monoisotopic (exact) mass is 419 g/mol. The molecule has 1 N–H and O–H groups in total. The topological polar surface area (TPSA) is 119 Å². The maximum atomic E-state index is 12.2. The molecular weight excluding hydrogens is 394 g/mol. The lowest BCUT2D eigenvalue weighted by molar-refractivity contribution is -0.384. The van der Waals surface area contributed by atoms with Crippen LogP contribution in [0.3, 0.4) is 0 Å². The van der Waals surface area contributed by atoms with Gasteiger partial charge in [0.1, 0.15) is 18.0 Å². The lowest BCUT2D eigenvalue weighted by Gasteiger charge is -2.23. The molecule has 0 atom stereocenters. The maximum Gasteiger partial charge on any atom is 0.271 e. The van der Waals surface area contributed by atoms with E-state index in [1.54, 1.807) is 11.8 Å². The van der Waals surface area contributed by atoms with Crippen LogP contribution < -0.4 is 14.4 Å². The number of benzene rings is 1. The van der Waals surface area contributed by atoms with E-state index in [1.165, 1.54) is 19.2 Å². The number of carbonyl (C=O) groups excluding carboxylic acids is 1. The number of nitro groups is 1. The first kappa shape index (κ1) is 23.0. The molecule has 9 nitrogen and oxygen atoms in total.